The third kappa shape index (κ3) is 7.63. The number of amides is 1. The maximum Gasteiger partial charge on any atom is 0.341 e. The third-order valence-corrected chi connectivity index (χ3v) is 4.58. The van der Waals surface area contributed by atoms with Gasteiger partial charge in [-0.05, 0) is 55.7 Å². The van der Waals surface area contributed by atoms with Crippen LogP contribution in [0.1, 0.15) is 77.6 Å². The highest BCUT2D eigenvalue weighted by molar-refractivity contribution is 5.99. The Morgan fingerprint density at radius 2 is 1.60 bits per heavy atom. The lowest BCUT2D eigenvalue weighted by Crippen LogP contribution is -2.48. The van der Waals surface area contributed by atoms with Crippen molar-refractivity contribution in [2.24, 2.45) is 11.8 Å². The van der Waals surface area contributed by atoms with E-state index in [0.717, 1.165) is 12.8 Å². The van der Waals surface area contributed by atoms with Gasteiger partial charge in [0.15, 0.2) is 0 Å². The van der Waals surface area contributed by atoms with Gasteiger partial charge < -0.3 is 19.5 Å². The number of hydrogen-bond donors (Lipinski definition) is 1. The van der Waals surface area contributed by atoms with Crippen LogP contribution < -0.4 is 10.1 Å². The average molecular weight is 422 g/mol. The molecular weight excluding hydrogens is 382 g/mol. The van der Waals surface area contributed by atoms with Crippen molar-refractivity contribution < 1.29 is 23.8 Å². The second-order valence-corrected chi connectivity index (χ2v) is 8.54. The van der Waals surface area contributed by atoms with Crippen molar-refractivity contribution in [3.05, 3.63) is 23.8 Å². The molecule has 6 nitrogen and oxygen atoms in total. The Morgan fingerprint density at radius 1 is 1.00 bits per heavy atom. The molecule has 170 valence electrons. The Labute approximate surface area is 181 Å². The molecule has 0 atom stereocenters. The highest BCUT2D eigenvalue weighted by Gasteiger charge is 2.40. The third-order valence-electron chi connectivity index (χ3n) is 4.58. The molecule has 1 N–H and O–H groups in total. The largest absolute Gasteiger partial charge is 0.493 e. The molecule has 0 aliphatic carbocycles. The van der Waals surface area contributed by atoms with Crippen molar-refractivity contribution in [3.8, 4) is 5.75 Å². The van der Waals surface area contributed by atoms with Crippen LogP contribution in [0.5, 0.6) is 5.75 Å². The van der Waals surface area contributed by atoms with Crippen molar-refractivity contribution in [1.29, 1.82) is 0 Å². The summed E-state index contributed by atoms with van der Waals surface area (Å²) in [6.07, 6.45) is 2.90. The fourth-order valence-corrected chi connectivity index (χ4v) is 3.53. The molecule has 0 aromatic heterocycles. The number of nitrogens with one attached hydrogen (secondary N) is 1. The molecule has 0 fully saturated rings. The summed E-state index contributed by atoms with van der Waals surface area (Å²) >= 11 is 0. The van der Waals surface area contributed by atoms with Gasteiger partial charge in [-0.2, -0.15) is 0 Å². The van der Waals surface area contributed by atoms with Gasteiger partial charge >= 0.3 is 5.97 Å². The van der Waals surface area contributed by atoms with Crippen LogP contribution in [-0.4, -0.2) is 37.8 Å². The lowest BCUT2D eigenvalue weighted by Gasteiger charge is -2.35. The molecule has 1 amide bonds. The van der Waals surface area contributed by atoms with Crippen LogP contribution in [-0.2, 0) is 14.3 Å². The van der Waals surface area contributed by atoms with E-state index in [-0.39, 0.29) is 11.5 Å². The van der Waals surface area contributed by atoms with Crippen molar-refractivity contribution in [2.45, 2.75) is 72.8 Å². The molecule has 0 radical (unpaired) electrons. The van der Waals surface area contributed by atoms with Crippen molar-refractivity contribution in [1.82, 2.24) is 0 Å². The van der Waals surface area contributed by atoms with Gasteiger partial charge in [-0.1, -0.05) is 41.5 Å². The smallest absolute Gasteiger partial charge is 0.341 e. The van der Waals surface area contributed by atoms with Gasteiger partial charge in [0.25, 0.3) is 5.91 Å². The summed E-state index contributed by atoms with van der Waals surface area (Å²) in [5.41, 5.74) is -0.112. The maximum atomic E-state index is 13.4. The molecule has 1 aromatic carbocycles. The van der Waals surface area contributed by atoms with Gasteiger partial charge in [0, 0.05) is 12.3 Å². The zero-order valence-corrected chi connectivity index (χ0v) is 19.7. The fraction of sp³-hybridized carbons (Fsp3) is 0.667. The summed E-state index contributed by atoms with van der Waals surface area (Å²) in [5, 5.41) is 2.98. The number of anilines is 1. The first kappa shape index (κ1) is 26.0. The van der Waals surface area contributed by atoms with Crippen LogP contribution in [0.25, 0.3) is 0 Å². The predicted octanol–water partition coefficient (Wildman–Crippen LogP) is 5.46. The van der Waals surface area contributed by atoms with Gasteiger partial charge in [-0.25, -0.2) is 4.79 Å². The Balaban J connectivity index is 3.24. The van der Waals surface area contributed by atoms with Crippen LogP contribution in [0.4, 0.5) is 5.69 Å². The van der Waals surface area contributed by atoms with Crippen molar-refractivity contribution in [2.75, 3.05) is 25.6 Å². The summed E-state index contributed by atoms with van der Waals surface area (Å²) in [6.45, 7) is 13.4. The number of hydrogen-bond acceptors (Lipinski definition) is 5. The molecule has 1 aromatic rings. The number of carbonyl (C=O) groups excluding carboxylic acids is 2. The molecule has 30 heavy (non-hydrogen) atoms. The molecule has 0 aliphatic rings. The van der Waals surface area contributed by atoms with Crippen molar-refractivity contribution in [3.63, 3.8) is 0 Å². The van der Waals surface area contributed by atoms with E-state index in [0.29, 0.717) is 49.3 Å². The number of rotatable bonds is 13. The second-order valence-electron chi connectivity index (χ2n) is 8.54. The maximum absolute atomic E-state index is 13.4. The van der Waals surface area contributed by atoms with E-state index >= 15 is 0 Å². The van der Waals surface area contributed by atoms with Crippen LogP contribution in [0.2, 0.25) is 0 Å². The quantitative estimate of drug-likeness (QED) is 0.428. The molecule has 0 saturated heterocycles. The lowest BCUT2D eigenvalue weighted by molar-refractivity contribution is -0.147. The topological polar surface area (TPSA) is 73.9 Å². The second kappa shape index (κ2) is 12.6. The SMILES string of the molecule is CCCOc1ccc(NC(=O)C(CC(C)C)(CC(C)C)OCCC)cc1C(=O)OC. The first-order valence-electron chi connectivity index (χ1n) is 11.0. The molecule has 0 bridgehead atoms. The summed E-state index contributed by atoms with van der Waals surface area (Å²) < 4.78 is 16.7. The lowest BCUT2D eigenvalue weighted by atomic mass is 9.83. The van der Waals surface area contributed by atoms with Crippen LogP contribution >= 0.6 is 0 Å². The first-order chi connectivity index (χ1) is 14.2. The highest BCUT2D eigenvalue weighted by Crippen LogP contribution is 2.32. The predicted molar refractivity (Wildman–Crippen MR) is 120 cm³/mol. The van der Waals surface area contributed by atoms with Crippen LogP contribution in [0, 0.1) is 11.8 Å². The molecule has 0 saturated carbocycles. The minimum atomic E-state index is -0.916. The number of esters is 1. The van der Waals surface area contributed by atoms with E-state index in [1.54, 1.807) is 18.2 Å². The van der Waals surface area contributed by atoms with Gasteiger partial charge in [0.2, 0.25) is 0 Å². The van der Waals surface area contributed by atoms with Gasteiger partial charge in [0.05, 0.1) is 13.7 Å². The number of carbonyl (C=O) groups is 2. The molecule has 0 unspecified atom stereocenters. The minimum Gasteiger partial charge on any atom is -0.493 e. The van der Waals surface area contributed by atoms with E-state index in [4.69, 9.17) is 14.2 Å². The molecule has 0 spiro atoms. The zero-order valence-electron chi connectivity index (χ0n) is 19.7. The van der Waals surface area contributed by atoms with Crippen molar-refractivity contribution >= 4 is 17.6 Å². The van der Waals surface area contributed by atoms with E-state index in [1.165, 1.54) is 7.11 Å². The van der Waals surface area contributed by atoms with E-state index in [9.17, 15) is 9.59 Å². The Kier molecular flexibility index (Phi) is 10.9. The normalized spacial score (nSPS) is 11.6. The van der Waals surface area contributed by atoms with Crippen LogP contribution in [0.3, 0.4) is 0 Å². The molecular formula is C24H39NO5. The molecule has 0 heterocycles. The van der Waals surface area contributed by atoms with Gasteiger partial charge in [0.1, 0.15) is 16.9 Å². The number of ether oxygens (including phenoxy) is 3. The molecule has 1 rings (SSSR count). The minimum absolute atomic E-state index is 0.184. The highest BCUT2D eigenvalue weighted by atomic mass is 16.5. The Hall–Kier alpha value is -2.08. The summed E-state index contributed by atoms with van der Waals surface area (Å²) in [7, 11) is 1.33. The van der Waals surface area contributed by atoms with Gasteiger partial charge in [-0.15, -0.1) is 0 Å². The first-order valence-corrected chi connectivity index (χ1v) is 11.0. The summed E-state index contributed by atoms with van der Waals surface area (Å²) in [5.74, 6) is 0.342. The summed E-state index contributed by atoms with van der Waals surface area (Å²) in [6, 6.07) is 5.03. The van der Waals surface area contributed by atoms with Gasteiger partial charge in [-0.3, -0.25) is 4.79 Å². The zero-order chi connectivity index (χ0) is 22.7. The number of benzene rings is 1. The van der Waals surface area contributed by atoms with Crippen LogP contribution in [0.15, 0.2) is 18.2 Å². The van der Waals surface area contributed by atoms with E-state index in [2.05, 4.69) is 33.0 Å². The molecule has 0 aliphatic heterocycles. The average Bonchev–Trinajstić information content (AvgIpc) is 2.69. The molecule has 6 heteroatoms. The monoisotopic (exact) mass is 421 g/mol. The summed E-state index contributed by atoms with van der Waals surface area (Å²) in [4.78, 5) is 25.7. The fourth-order valence-electron chi connectivity index (χ4n) is 3.53. The standard InChI is InChI=1S/C24H39NO5/c1-8-12-29-21-11-10-19(14-20(21)22(26)28-7)25-23(27)24(15-17(3)4,16-18(5)6)30-13-9-2/h10-11,14,17-18H,8-9,12-13,15-16H2,1-7H3,(H,25,27). The van der Waals surface area contributed by atoms with E-state index < -0.39 is 11.6 Å². The number of methoxy groups -OCH3 is 1. The Bertz CT molecular complexity index is 674. The Morgan fingerprint density at radius 3 is 2.10 bits per heavy atom. The van der Waals surface area contributed by atoms with E-state index in [1.807, 2.05) is 13.8 Å².